The molecular formula is C14H17BrN2O. The summed E-state index contributed by atoms with van der Waals surface area (Å²) in [4.78, 5) is 12.3. The molecule has 0 radical (unpaired) electrons. The van der Waals surface area contributed by atoms with Gasteiger partial charge in [0.2, 0.25) is 5.91 Å². The van der Waals surface area contributed by atoms with Gasteiger partial charge in [-0.15, -0.1) is 0 Å². The van der Waals surface area contributed by atoms with Crippen LogP contribution in [0, 0.1) is 5.92 Å². The van der Waals surface area contributed by atoms with E-state index < -0.39 is 0 Å². The van der Waals surface area contributed by atoms with Gasteiger partial charge in [-0.3, -0.25) is 4.79 Å². The monoisotopic (exact) mass is 308 g/mol. The smallest absolute Gasteiger partial charge is 0.230 e. The van der Waals surface area contributed by atoms with E-state index in [-0.39, 0.29) is 11.3 Å². The van der Waals surface area contributed by atoms with E-state index in [0.29, 0.717) is 5.92 Å². The van der Waals surface area contributed by atoms with Crippen molar-refractivity contribution >= 4 is 21.8 Å². The first-order valence-electron chi connectivity index (χ1n) is 6.46. The van der Waals surface area contributed by atoms with Crippen LogP contribution in [0.5, 0.6) is 0 Å². The molecule has 4 heteroatoms. The van der Waals surface area contributed by atoms with Crippen LogP contribution in [0.2, 0.25) is 0 Å². The quantitative estimate of drug-likeness (QED) is 0.891. The molecule has 2 N–H and O–H groups in total. The second-order valence-electron chi connectivity index (χ2n) is 5.33. The van der Waals surface area contributed by atoms with Crippen LogP contribution < -0.4 is 10.6 Å². The number of nitrogens with one attached hydrogen (secondary N) is 2. The third-order valence-corrected chi connectivity index (χ3v) is 4.47. The highest BCUT2D eigenvalue weighted by molar-refractivity contribution is 9.10. The van der Waals surface area contributed by atoms with Crippen molar-refractivity contribution in [1.82, 2.24) is 10.6 Å². The van der Waals surface area contributed by atoms with Gasteiger partial charge in [0, 0.05) is 30.0 Å². The predicted octanol–water partition coefficient (Wildman–Crippen LogP) is 1.82. The van der Waals surface area contributed by atoms with Crippen LogP contribution in [0.1, 0.15) is 18.4 Å². The maximum atomic E-state index is 12.3. The van der Waals surface area contributed by atoms with E-state index in [4.69, 9.17) is 0 Å². The summed E-state index contributed by atoms with van der Waals surface area (Å²) in [6, 6.07) is 8.12. The molecule has 1 aromatic carbocycles. The number of hydrogen-bond acceptors (Lipinski definition) is 2. The zero-order valence-electron chi connectivity index (χ0n) is 10.2. The van der Waals surface area contributed by atoms with Crippen molar-refractivity contribution in [2.75, 3.05) is 19.6 Å². The van der Waals surface area contributed by atoms with E-state index in [1.807, 2.05) is 12.1 Å². The van der Waals surface area contributed by atoms with Gasteiger partial charge in [0.05, 0.1) is 5.41 Å². The molecule has 0 atom stereocenters. The second kappa shape index (κ2) is 4.67. The highest BCUT2D eigenvalue weighted by Crippen LogP contribution is 2.48. The second-order valence-corrected chi connectivity index (χ2v) is 6.24. The van der Waals surface area contributed by atoms with Crippen molar-refractivity contribution in [3.05, 3.63) is 34.3 Å². The molecule has 1 aliphatic heterocycles. The van der Waals surface area contributed by atoms with E-state index in [2.05, 4.69) is 38.7 Å². The maximum absolute atomic E-state index is 12.3. The van der Waals surface area contributed by atoms with Crippen LogP contribution in [0.4, 0.5) is 0 Å². The Balaban J connectivity index is 1.68. The summed E-state index contributed by atoms with van der Waals surface area (Å²) in [5.74, 6) is 0.819. The van der Waals surface area contributed by atoms with Gasteiger partial charge < -0.3 is 10.6 Å². The zero-order chi connectivity index (χ0) is 12.6. The standard InChI is InChI=1S/C14H17BrN2O/c15-12-3-1-2-11(6-12)14(4-5-14)13(18)17-9-10-7-16-8-10/h1-3,6,10,16H,4-5,7-9H2,(H,17,18). The average molecular weight is 309 g/mol. The number of hydrogen-bond donors (Lipinski definition) is 2. The van der Waals surface area contributed by atoms with Crippen LogP contribution in [-0.2, 0) is 10.2 Å². The van der Waals surface area contributed by atoms with Gasteiger partial charge in [-0.2, -0.15) is 0 Å². The number of carbonyl (C=O) groups is 1. The third kappa shape index (κ3) is 2.19. The number of rotatable bonds is 4. The fourth-order valence-electron chi connectivity index (χ4n) is 2.46. The van der Waals surface area contributed by atoms with Gasteiger partial charge in [-0.25, -0.2) is 0 Å². The topological polar surface area (TPSA) is 41.1 Å². The van der Waals surface area contributed by atoms with Crippen molar-refractivity contribution in [2.24, 2.45) is 5.92 Å². The summed E-state index contributed by atoms with van der Waals surface area (Å²) >= 11 is 3.47. The van der Waals surface area contributed by atoms with Crippen LogP contribution in [0.15, 0.2) is 28.7 Å². The Kier molecular flexibility index (Phi) is 3.16. The van der Waals surface area contributed by atoms with Crippen molar-refractivity contribution in [3.63, 3.8) is 0 Å². The first kappa shape index (κ1) is 12.2. The van der Waals surface area contributed by atoms with Crippen LogP contribution >= 0.6 is 15.9 Å². The van der Waals surface area contributed by atoms with Crippen LogP contribution in [0.25, 0.3) is 0 Å². The minimum atomic E-state index is -0.249. The van der Waals surface area contributed by atoms with E-state index in [1.54, 1.807) is 0 Å². The number of amides is 1. The molecule has 2 fully saturated rings. The first-order chi connectivity index (χ1) is 8.71. The van der Waals surface area contributed by atoms with Crippen molar-refractivity contribution in [2.45, 2.75) is 18.3 Å². The molecule has 1 aromatic rings. The number of benzene rings is 1. The highest BCUT2D eigenvalue weighted by Gasteiger charge is 2.51. The molecule has 0 unspecified atom stereocenters. The summed E-state index contributed by atoms with van der Waals surface area (Å²) in [5, 5.41) is 6.33. The summed E-state index contributed by atoms with van der Waals surface area (Å²) in [6.45, 7) is 2.87. The molecule has 1 heterocycles. The Morgan fingerprint density at radius 1 is 1.44 bits per heavy atom. The Bertz CT molecular complexity index is 467. The molecule has 96 valence electrons. The third-order valence-electron chi connectivity index (χ3n) is 3.98. The fraction of sp³-hybridized carbons (Fsp3) is 0.500. The van der Waals surface area contributed by atoms with Crippen LogP contribution in [-0.4, -0.2) is 25.5 Å². The van der Waals surface area contributed by atoms with E-state index in [1.165, 1.54) is 0 Å². The molecule has 0 aromatic heterocycles. The van der Waals surface area contributed by atoms with Crippen molar-refractivity contribution in [1.29, 1.82) is 0 Å². The Labute approximate surface area is 115 Å². The van der Waals surface area contributed by atoms with Gasteiger partial charge in [0.25, 0.3) is 0 Å². The minimum Gasteiger partial charge on any atom is -0.355 e. The summed E-state index contributed by atoms with van der Waals surface area (Å²) in [6.07, 6.45) is 1.94. The normalized spacial score (nSPS) is 21.2. The SMILES string of the molecule is O=C(NCC1CNC1)C1(c2cccc(Br)c2)CC1. The lowest BCUT2D eigenvalue weighted by atomic mass is 9.94. The van der Waals surface area contributed by atoms with Crippen LogP contribution in [0.3, 0.4) is 0 Å². The lowest BCUT2D eigenvalue weighted by Crippen LogP contribution is -2.49. The van der Waals surface area contributed by atoms with Gasteiger partial charge in [-0.1, -0.05) is 28.1 Å². The molecule has 3 rings (SSSR count). The molecule has 1 saturated carbocycles. The first-order valence-corrected chi connectivity index (χ1v) is 7.25. The molecule has 18 heavy (non-hydrogen) atoms. The van der Waals surface area contributed by atoms with E-state index >= 15 is 0 Å². The highest BCUT2D eigenvalue weighted by atomic mass is 79.9. The molecule has 0 bridgehead atoms. The molecule has 3 nitrogen and oxygen atoms in total. The molecule has 1 aliphatic carbocycles. The lowest BCUT2D eigenvalue weighted by Gasteiger charge is -2.28. The largest absolute Gasteiger partial charge is 0.355 e. The Morgan fingerprint density at radius 3 is 2.78 bits per heavy atom. The summed E-state index contributed by atoms with van der Waals surface area (Å²) in [7, 11) is 0. The summed E-state index contributed by atoms with van der Waals surface area (Å²) in [5.41, 5.74) is 0.891. The molecule has 1 amide bonds. The summed E-state index contributed by atoms with van der Waals surface area (Å²) < 4.78 is 1.04. The molecular weight excluding hydrogens is 292 g/mol. The fourth-order valence-corrected chi connectivity index (χ4v) is 2.86. The number of carbonyl (C=O) groups excluding carboxylic acids is 1. The van der Waals surface area contributed by atoms with Gasteiger partial charge in [0.15, 0.2) is 0 Å². The van der Waals surface area contributed by atoms with Gasteiger partial charge in [0.1, 0.15) is 0 Å². The molecule has 1 saturated heterocycles. The Hall–Kier alpha value is -0.870. The molecule has 2 aliphatic rings. The van der Waals surface area contributed by atoms with Gasteiger partial charge in [-0.05, 0) is 30.5 Å². The van der Waals surface area contributed by atoms with E-state index in [0.717, 1.165) is 42.5 Å². The van der Waals surface area contributed by atoms with Crippen molar-refractivity contribution < 1.29 is 4.79 Å². The average Bonchev–Trinajstić information content (AvgIpc) is 3.08. The number of halogens is 1. The lowest BCUT2D eigenvalue weighted by molar-refractivity contribution is -0.123. The molecule has 0 spiro atoms. The predicted molar refractivity (Wildman–Crippen MR) is 74.4 cm³/mol. The van der Waals surface area contributed by atoms with Crippen molar-refractivity contribution in [3.8, 4) is 0 Å². The maximum Gasteiger partial charge on any atom is 0.230 e. The van der Waals surface area contributed by atoms with Gasteiger partial charge >= 0.3 is 0 Å². The minimum absolute atomic E-state index is 0.201. The van der Waals surface area contributed by atoms with E-state index in [9.17, 15) is 4.79 Å². The Morgan fingerprint density at radius 2 is 2.22 bits per heavy atom. The zero-order valence-corrected chi connectivity index (χ0v) is 11.8.